The van der Waals surface area contributed by atoms with Crippen LogP contribution in [0.15, 0.2) is 66.7 Å². The minimum Gasteiger partial charge on any atom is -0.352 e. The molecule has 172 valence electrons. The second-order valence-corrected chi connectivity index (χ2v) is 9.27. The largest absolute Gasteiger partial charge is 0.352 e. The molecule has 1 saturated heterocycles. The lowest BCUT2D eigenvalue weighted by atomic mass is 9.89. The van der Waals surface area contributed by atoms with Gasteiger partial charge in [-0.05, 0) is 75.9 Å². The highest BCUT2D eigenvalue weighted by atomic mass is 16.1. The summed E-state index contributed by atoms with van der Waals surface area (Å²) >= 11 is 0. The van der Waals surface area contributed by atoms with Gasteiger partial charge in [0.25, 0.3) is 5.91 Å². The number of pyridine rings is 1. The average Bonchev–Trinajstić information content (AvgIpc) is 2.83. The number of benzene rings is 2. The molecule has 2 heterocycles. The Morgan fingerprint density at radius 2 is 1.73 bits per heavy atom. The van der Waals surface area contributed by atoms with Gasteiger partial charge in [0.05, 0.1) is 11.3 Å². The third kappa shape index (κ3) is 6.52. The summed E-state index contributed by atoms with van der Waals surface area (Å²) in [5.41, 5.74) is 6.70. The van der Waals surface area contributed by atoms with Gasteiger partial charge in [-0.2, -0.15) is 0 Å². The molecule has 0 radical (unpaired) electrons. The van der Waals surface area contributed by atoms with Crippen LogP contribution in [0.4, 0.5) is 0 Å². The second kappa shape index (κ2) is 11.2. The van der Waals surface area contributed by atoms with Crippen molar-refractivity contribution in [3.8, 4) is 0 Å². The van der Waals surface area contributed by atoms with Crippen LogP contribution in [0.1, 0.15) is 63.6 Å². The van der Waals surface area contributed by atoms with Crippen molar-refractivity contribution in [2.24, 2.45) is 0 Å². The van der Waals surface area contributed by atoms with Gasteiger partial charge in [-0.1, -0.05) is 60.2 Å². The maximum atomic E-state index is 13.0. The first kappa shape index (κ1) is 23.2. The third-order valence-corrected chi connectivity index (χ3v) is 6.54. The normalized spacial score (nSPS) is 14.8. The van der Waals surface area contributed by atoms with Crippen LogP contribution in [0, 0.1) is 13.8 Å². The second-order valence-electron chi connectivity index (χ2n) is 9.27. The first-order valence-electron chi connectivity index (χ1n) is 12.2. The fourth-order valence-electron chi connectivity index (χ4n) is 4.75. The molecule has 4 nitrogen and oxygen atoms in total. The zero-order valence-corrected chi connectivity index (χ0v) is 19.9. The molecule has 0 unspecified atom stereocenters. The van der Waals surface area contributed by atoms with Gasteiger partial charge in [0.2, 0.25) is 0 Å². The van der Waals surface area contributed by atoms with Crippen molar-refractivity contribution in [2.45, 2.75) is 52.0 Å². The van der Waals surface area contributed by atoms with Crippen LogP contribution in [-0.2, 0) is 13.0 Å². The van der Waals surface area contributed by atoms with E-state index in [1.54, 1.807) is 0 Å². The summed E-state index contributed by atoms with van der Waals surface area (Å²) in [5, 5.41) is 3.13. The number of hydrogen-bond donors (Lipinski definition) is 1. The molecule has 0 aliphatic carbocycles. The molecular weight excluding hydrogens is 406 g/mol. The van der Waals surface area contributed by atoms with Gasteiger partial charge < -0.3 is 5.32 Å². The Hall–Kier alpha value is -2.98. The van der Waals surface area contributed by atoms with Crippen LogP contribution in [0.25, 0.3) is 0 Å². The lowest BCUT2D eigenvalue weighted by molar-refractivity contribution is 0.0950. The molecule has 1 aromatic heterocycles. The summed E-state index contributed by atoms with van der Waals surface area (Å²) in [6, 6.07) is 23.1. The molecule has 1 amide bonds. The molecule has 0 spiro atoms. The Balaban J connectivity index is 1.33. The van der Waals surface area contributed by atoms with E-state index in [1.807, 2.05) is 25.1 Å². The summed E-state index contributed by atoms with van der Waals surface area (Å²) in [4.78, 5) is 20.4. The van der Waals surface area contributed by atoms with Crippen LogP contribution >= 0.6 is 0 Å². The van der Waals surface area contributed by atoms with E-state index in [9.17, 15) is 4.79 Å². The number of likely N-dealkylation sites (tertiary alicyclic amines) is 1. The molecule has 1 aliphatic heterocycles. The molecule has 0 atom stereocenters. The van der Waals surface area contributed by atoms with Gasteiger partial charge in [0.1, 0.15) is 0 Å². The van der Waals surface area contributed by atoms with Crippen molar-refractivity contribution in [3.63, 3.8) is 0 Å². The minimum atomic E-state index is 0.00718. The first-order valence-corrected chi connectivity index (χ1v) is 12.2. The number of rotatable bonds is 8. The van der Waals surface area contributed by atoms with E-state index in [1.165, 1.54) is 16.7 Å². The predicted octanol–water partition coefficient (Wildman–Crippen LogP) is 5.44. The van der Waals surface area contributed by atoms with Gasteiger partial charge in [0, 0.05) is 24.7 Å². The maximum Gasteiger partial charge on any atom is 0.253 e. The van der Waals surface area contributed by atoms with Crippen LogP contribution in [-0.4, -0.2) is 35.4 Å². The van der Waals surface area contributed by atoms with Crippen molar-refractivity contribution in [2.75, 3.05) is 19.6 Å². The third-order valence-electron chi connectivity index (χ3n) is 6.54. The van der Waals surface area contributed by atoms with E-state index in [2.05, 4.69) is 65.7 Å². The zero-order chi connectivity index (χ0) is 23.0. The summed E-state index contributed by atoms with van der Waals surface area (Å²) in [6.45, 7) is 7.89. The molecular formula is C29H35N3O. The highest BCUT2D eigenvalue weighted by molar-refractivity contribution is 5.95. The molecule has 0 saturated carbocycles. The molecule has 1 aliphatic rings. The number of carbonyl (C=O) groups is 1. The van der Waals surface area contributed by atoms with E-state index >= 15 is 0 Å². The lowest BCUT2D eigenvalue weighted by Gasteiger charge is -2.32. The summed E-state index contributed by atoms with van der Waals surface area (Å²) in [7, 11) is 0. The number of nitrogens with one attached hydrogen (secondary N) is 1. The molecule has 33 heavy (non-hydrogen) atoms. The quantitative estimate of drug-likeness (QED) is 0.474. The van der Waals surface area contributed by atoms with Gasteiger partial charge in [-0.25, -0.2) is 0 Å². The fourth-order valence-corrected chi connectivity index (χ4v) is 4.75. The highest BCUT2D eigenvalue weighted by Crippen LogP contribution is 2.30. The molecule has 4 heteroatoms. The maximum absolute atomic E-state index is 13.0. The van der Waals surface area contributed by atoms with Crippen LogP contribution in [0.5, 0.6) is 0 Å². The number of aromatic nitrogens is 1. The Bertz CT molecular complexity index is 1060. The zero-order valence-electron chi connectivity index (χ0n) is 19.9. The number of carbonyl (C=O) groups excluding carboxylic acids is 1. The van der Waals surface area contributed by atoms with Crippen molar-refractivity contribution in [1.82, 2.24) is 15.2 Å². The smallest absolute Gasteiger partial charge is 0.253 e. The molecule has 1 fully saturated rings. The van der Waals surface area contributed by atoms with Crippen LogP contribution in [0.2, 0.25) is 0 Å². The van der Waals surface area contributed by atoms with E-state index in [-0.39, 0.29) is 5.91 Å². The Labute approximate surface area is 198 Å². The van der Waals surface area contributed by atoms with Crippen LogP contribution in [0.3, 0.4) is 0 Å². The standard InChI is InChI=1S/C29H35N3O/c1-22-8-6-11-25(20-22)21-32-18-15-26(16-19-32)28-27(14-13-23(2)31-28)29(33)30-17-7-12-24-9-4-3-5-10-24/h3-6,8-11,13-14,20,26H,7,12,15-19,21H2,1-2H3,(H,30,33). The van der Waals surface area contributed by atoms with Gasteiger partial charge in [-0.3, -0.25) is 14.7 Å². The fraction of sp³-hybridized carbons (Fsp3) is 0.379. The predicted molar refractivity (Wildman–Crippen MR) is 135 cm³/mol. The summed E-state index contributed by atoms with van der Waals surface area (Å²) in [6.07, 6.45) is 3.98. The minimum absolute atomic E-state index is 0.00718. The Morgan fingerprint density at radius 3 is 2.48 bits per heavy atom. The molecule has 4 rings (SSSR count). The molecule has 2 aromatic carbocycles. The molecule has 1 N–H and O–H groups in total. The summed E-state index contributed by atoms with van der Waals surface area (Å²) < 4.78 is 0. The number of piperidine rings is 1. The monoisotopic (exact) mass is 441 g/mol. The average molecular weight is 442 g/mol. The Kier molecular flexibility index (Phi) is 7.90. The molecule has 0 bridgehead atoms. The highest BCUT2D eigenvalue weighted by Gasteiger charge is 2.26. The first-order chi connectivity index (χ1) is 16.1. The van der Waals surface area contributed by atoms with Crippen LogP contribution < -0.4 is 5.32 Å². The van der Waals surface area contributed by atoms with Crippen molar-refractivity contribution < 1.29 is 4.79 Å². The summed E-state index contributed by atoms with van der Waals surface area (Å²) in [5.74, 6) is 0.344. The number of hydrogen-bond acceptors (Lipinski definition) is 3. The number of aryl methyl sites for hydroxylation is 3. The van der Waals surface area contributed by atoms with Gasteiger partial charge >= 0.3 is 0 Å². The van der Waals surface area contributed by atoms with E-state index < -0.39 is 0 Å². The lowest BCUT2D eigenvalue weighted by Crippen LogP contribution is -2.34. The van der Waals surface area contributed by atoms with Gasteiger partial charge in [0.15, 0.2) is 0 Å². The number of amides is 1. The SMILES string of the molecule is Cc1cccc(CN2CCC(c3nc(C)ccc3C(=O)NCCCc3ccccc3)CC2)c1. The topological polar surface area (TPSA) is 45.2 Å². The Morgan fingerprint density at radius 1 is 0.970 bits per heavy atom. The number of nitrogens with zero attached hydrogens (tertiary/aromatic N) is 2. The van der Waals surface area contributed by atoms with Crippen molar-refractivity contribution >= 4 is 5.91 Å². The van der Waals surface area contributed by atoms with E-state index in [4.69, 9.17) is 4.98 Å². The van der Waals surface area contributed by atoms with E-state index in [0.29, 0.717) is 12.5 Å². The van der Waals surface area contributed by atoms with Gasteiger partial charge in [-0.15, -0.1) is 0 Å². The van der Waals surface area contributed by atoms with Crippen molar-refractivity contribution in [1.29, 1.82) is 0 Å². The van der Waals surface area contributed by atoms with Crippen molar-refractivity contribution in [3.05, 3.63) is 100 Å². The van der Waals surface area contributed by atoms with E-state index in [0.717, 1.165) is 62.3 Å². The molecule has 3 aromatic rings.